The molecule has 1 aliphatic carbocycles. The number of nitriles is 1. The zero-order valence-corrected chi connectivity index (χ0v) is 27.0. The number of anilines is 1. The first-order chi connectivity index (χ1) is 18.2. The molecule has 2 aromatic carbocycles. The number of hydrogen-bond acceptors (Lipinski definition) is 7. The van der Waals surface area contributed by atoms with Crippen LogP contribution in [-0.2, 0) is 20.9 Å². The SMILES string of the molecule is [C-]#[N+]/C(C#N)=C1/C(=CC2=Nc3ccc(S(=O)(=O)[O-])cc3C2(C)C)C(O)=C1C=C1N(C)c2ccccc2C1(C)C.[K+]. The minimum atomic E-state index is -4.65. The van der Waals surface area contributed by atoms with Crippen LogP contribution in [0.3, 0.4) is 0 Å². The largest absolute Gasteiger partial charge is 1.00 e. The van der Waals surface area contributed by atoms with Gasteiger partial charge in [-0.1, -0.05) is 45.9 Å². The summed E-state index contributed by atoms with van der Waals surface area (Å²) in [6.07, 6.45) is 3.45. The molecule has 8 nitrogen and oxygen atoms in total. The van der Waals surface area contributed by atoms with Crippen molar-refractivity contribution >= 4 is 27.2 Å². The number of aliphatic hydroxyl groups excluding tert-OH is 1. The Morgan fingerprint density at radius 1 is 1.12 bits per heavy atom. The predicted molar refractivity (Wildman–Crippen MR) is 147 cm³/mol. The summed E-state index contributed by atoms with van der Waals surface area (Å²) in [5.74, 6) is -0.0636. The Labute approximate surface area is 276 Å². The number of hydrogen-bond donors (Lipinski definition) is 1. The van der Waals surface area contributed by atoms with Gasteiger partial charge in [0.1, 0.15) is 15.9 Å². The molecule has 5 rings (SSSR count). The molecule has 0 atom stereocenters. The van der Waals surface area contributed by atoms with Gasteiger partial charge >= 0.3 is 51.4 Å². The summed E-state index contributed by atoms with van der Waals surface area (Å²) in [5, 5.41) is 21.0. The minimum Gasteiger partial charge on any atom is -0.744 e. The third kappa shape index (κ3) is 4.54. The molecule has 0 fully saturated rings. The molecule has 3 aliphatic rings. The van der Waals surface area contributed by atoms with Gasteiger partial charge in [0.2, 0.25) is 0 Å². The summed E-state index contributed by atoms with van der Waals surface area (Å²) in [6, 6.07) is 14.0. The molecule has 0 aromatic heterocycles. The van der Waals surface area contributed by atoms with Gasteiger partial charge in [0.05, 0.1) is 28.9 Å². The van der Waals surface area contributed by atoms with Crippen molar-refractivity contribution in [2.45, 2.75) is 43.4 Å². The molecule has 0 spiro atoms. The second kappa shape index (κ2) is 10.2. The van der Waals surface area contributed by atoms with E-state index in [2.05, 4.69) is 29.8 Å². The smallest absolute Gasteiger partial charge is 0.744 e. The van der Waals surface area contributed by atoms with Crippen molar-refractivity contribution < 1.29 is 69.5 Å². The first kappa shape index (κ1) is 30.2. The van der Waals surface area contributed by atoms with Crippen LogP contribution < -0.4 is 56.3 Å². The molecule has 1 N–H and O–H groups in total. The molecule has 2 heterocycles. The van der Waals surface area contributed by atoms with Crippen LogP contribution >= 0.6 is 0 Å². The summed E-state index contributed by atoms with van der Waals surface area (Å²) in [4.78, 5) is 9.74. The summed E-state index contributed by atoms with van der Waals surface area (Å²) >= 11 is 0. The molecule has 0 unspecified atom stereocenters. The summed E-state index contributed by atoms with van der Waals surface area (Å²) in [5.41, 5.74) is 4.32. The quantitative estimate of drug-likeness (QED) is 0.260. The Bertz CT molecular complexity index is 1810. The van der Waals surface area contributed by atoms with Gasteiger partial charge in [-0.3, -0.25) is 4.99 Å². The van der Waals surface area contributed by atoms with Crippen LogP contribution in [0, 0.1) is 17.9 Å². The van der Waals surface area contributed by atoms with Gasteiger partial charge in [0.15, 0.2) is 0 Å². The van der Waals surface area contributed by atoms with Gasteiger partial charge in [-0.25, -0.2) is 18.5 Å². The molecule has 40 heavy (non-hydrogen) atoms. The third-order valence-corrected chi connectivity index (χ3v) is 8.65. The second-order valence-corrected chi connectivity index (χ2v) is 12.1. The zero-order chi connectivity index (χ0) is 28.5. The molecule has 0 saturated carbocycles. The molecule has 0 saturated heterocycles. The molecule has 0 bridgehead atoms. The van der Waals surface area contributed by atoms with Crippen molar-refractivity contribution in [2.24, 2.45) is 4.99 Å². The van der Waals surface area contributed by atoms with E-state index in [0.717, 1.165) is 16.9 Å². The van der Waals surface area contributed by atoms with Crippen LogP contribution in [0.5, 0.6) is 0 Å². The van der Waals surface area contributed by atoms with Crippen molar-refractivity contribution in [1.82, 2.24) is 0 Å². The zero-order valence-electron chi connectivity index (χ0n) is 23.1. The first-order valence-electron chi connectivity index (χ1n) is 12.2. The van der Waals surface area contributed by atoms with Crippen LogP contribution in [0.1, 0.15) is 38.8 Å². The fraction of sp³-hybridized carbons (Fsp3) is 0.233. The summed E-state index contributed by atoms with van der Waals surface area (Å²) < 4.78 is 34.8. The van der Waals surface area contributed by atoms with Gasteiger partial charge < -0.3 is 14.6 Å². The molecule has 0 radical (unpaired) electrons. The standard InChI is InChI=1S/C30H26N4O4S.K/c1-29(2)21-13-17(39(36,37)38)11-12-22(21)33-25(29)14-18-27(23(16-31)32-5)19(28(18)35)15-26-30(3,4)20-9-7-8-10-24(20)34(26)6;/h7-15,35H,1-4,6H3,(H,36,37,38);/q;+1/p-1/b18-14?,26-15?,27-23-;. The maximum atomic E-state index is 11.6. The van der Waals surface area contributed by atoms with Crippen molar-refractivity contribution in [2.75, 3.05) is 11.9 Å². The number of aliphatic imine (C=N–C) groups is 1. The van der Waals surface area contributed by atoms with Crippen LogP contribution in [0.4, 0.5) is 11.4 Å². The van der Waals surface area contributed by atoms with Crippen LogP contribution in [0.2, 0.25) is 0 Å². The second-order valence-electron chi connectivity index (χ2n) is 10.8. The Balaban J connectivity index is 0.00000370. The Hall–Kier alpha value is -2.80. The van der Waals surface area contributed by atoms with Gasteiger partial charge in [-0.2, -0.15) is 0 Å². The third-order valence-electron chi connectivity index (χ3n) is 7.82. The van der Waals surface area contributed by atoms with Crippen LogP contribution in [0.25, 0.3) is 4.85 Å². The van der Waals surface area contributed by atoms with Gasteiger partial charge in [-0.15, -0.1) is 0 Å². The van der Waals surface area contributed by atoms with Crippen molar-refractivity contribution in [3.8, 4) is 6.07 Å². The Morgan fingerprint density at radius 2 is 1.80 bits per heavy atom. The van der Waals surface area contributed by atoms with E-state index in [4.69, 9.17) is 6.57 Å². The maximum absolute atomic E-state index is 11.6. The van der Waals surface area contributed by atoms with E-state index >= 15 is 0 Å². The number of para-hydroxylation sites is 1. The monoisotopic (exact) mass is 576 g/mol. The normalized spacial score (nSPS) is 21.6. The van der Waals surface area contributed by atoms with Gasteiger partial charge in [0.25, 0.3) is 5.70 Å². The van der Waals surface area contributed by atoms with Crippen LogP contribution in [-0.4, -0.2) is 30.8 Å². The van der Waals surface area contributed by atoms with E-state index in [0.29, 0.717) is 33.7 Å². The van der Waals surface area contributed by atoms with E-state index in [1.165, 1.54) is 18.2 Å². The first-order valence-corrected chi connectivity index (χ1v) is 13.6. The molecule has 0 amide bonds. The van der Waals surface area contributed by atoms with Crippen molar-refractivity contribution in [3.05, 3.63) is 111 Å². The number of allylic oxidation sites excluding steroid dienone is 6. The maximum Gasteiger partial charge on any atom is 1.00 e. The fourth-order valence-corrected chi connectivity index (χ4v) is 6.06. The number of fused-ring (bicyclic) bond motifs is 2. The minimum absolute atomic E-state index is 0. The number of benzene rings is 2. The van der Waals surface area contributed by atoms with E-state index in [1.54, 1.807) is 6.08 Å². The molecule has 2 aliphatic heterocycles. The molecule has 10 heteroatoms. The molecule has 196 valence electrons. The summed E-state index contributed by atoms with van der Waals surface area (Å²) in [6.45, 7) is 15.4. The summed E-state index contributed by atoms with van der Waals surface area (Å²) in [7, 11) is -2.70. The fourth-order valence-electron chi connectivity index (χ4n) is 5.56. The number of nitrogens with zero attached hydrogens (tertiary/aromatic N) is 4. The average molecular weight is 577 g/mol. The predicted octanol–water partition coefficient (Wildman–Crippen LogP) is 2.72. The Kier molecular flexibility index (Phi) is 7.72. The van der Waals surface area contributed by atoms with Crippen molar-refractivity contribution in [3.63, 3.8) is 0 Å². The van der Waals surface area contributed by atoms with E-state index in [-0.39, 0.29) is 73.2 Å². The van der Waals surface area contributed by atoms with Gasteiger partial charge in [0, 0.05) is 46.0 Å². The molecule has 2 aromatic rings. The van der Waals surface area contributed by atoms with E-state index < -0.39 is 15.5 Å². The van der Waals surface area contributed by atoms with Crippen molar-refractivity contribution in [1.29, 1.82) is 5.26 Å². The number of likely N-dealkylation sites (N-methyl/N-ethyl adjacent to an activating group) is 1. The van der Waals surface area contributed by atoms with E-state index in [1.807, 2.05) is 56.1 Å². The topological polar surface area (TPSA) is 121 Å². The molecular formula is C30H25KN4O4S. The van der Waals surface area contributed by atoms with Gasteiger partial charge in [-0.05, 0) is 47.5 Å². The van der Waals surface area contributed by atoms with E-state index in [9.17, 15) is 23.3 Å². The number of aliphatic hydroxyl groups is 1. The van der Waals surface area contributed by atoms with Crippen LogP contribution in [0.15, 0.2) is 98.4 Å². The molecular weight excluding hydrogens is 552 g/mol. The Morgan fingerprint density at radius 3 is 2.40 bits per heavy atom. The average Bonchev–Trinajstić information content (AvgIpc) is 3.25. The number of rotatable bonds is 3.